The first-order valence-electron chi connectivity index (χ1n) is 8.02. The minimum atomic E-state index is -4.39. The van der Waals surface area contributed by atoms with Gasteiger partial charge in [-0.05, 0) is 6.42 Å². The van der Waals surface area contributed by atoms with Crippen LogP contribution in [-0.2, 0) is 19.6 Å². The lowest BCUT2D eigenvalue weighted by Gasteiger charge is -2.39. The lowest BCUT2D eigenvalue weighted by molar-refractivity contribution is -0.292. The highest BCUT2D eigenvalue weighted by molar-refractivity contribution is 7.85. The van der Waals surface area contributed by atoms with Crippen LogP contribution in [0, 0.1) is 0 Å². The van der Waals surface area contributed by atoms with Gasteiger partial charge in [-0.15, -0.1) is 0 Å². The van der Waals surface area contributed by atoms with Crippen LogP contribution in [0.5, 0.6) is 0 Å². The van der Waals surface area contributed by atoms with E-state index in [2.05, 4.69) is 6.92 Å². The van der Waals surface area contributed by atoms with Crippen molar-refractivity contribution in [3.63, 3.8) is 0 Å². The quantitative estimate of drug-likeness (QED) is 0.319. The molecule has 0 amide bonds. The van der Waals surface area contributed by atoms with E-state index in [-0.39, 0.29) is 6.61 Å². The molecule has 4 N–H and O–H groups in total. The molecule has 9 heteroatoms. The maximum atomic E-state index is 10.9. The van der Waals surface area contributed by atoms with Gasteiger partial charge in [-0.2, -0.15) is 8.42 Å². The highest BCUT2D eigenvalue weighted by Crippen LogP contribution is 2.23. The zero-order valence-corrected chi connectivity index (χ0v) is 14.2. The van der Waals surface area contributed by atoms with Crippen molar-refractivity contribution in [2.24, 2.45) is 0 Å². The third kappa shape index (κ3) is 7.42. The highest BCUT2D eigenvalue weighted by Gasteiger charge is 2.45. The Hall–Kier alpha value is -0.290. The summed E-state index contributed by atoms with van der Waals surface area (Å²) in [6.45, 7) is 2.42. The summed E-state index contributed by atoms with van der Waals surface area (Å²) >= 11 is 0. The third-order valence-corrected chi connectivity index (χ3v) is 4.57. The van der Waals surface area contributed by atoms with E-state index in [4.69, 9.17) is 14.0 Å². The lowest BCUT2D eigenvalue weighted by Crippen LogP contribution is -2.59. The van der Waals surface area contributed by atoms with Crippen LogP contribution in [-0.4, -0.2) is 71.4 Å². The van der Waals surface area contributed by atoms with E-state index in [9.17, 15) is 23.7 Å². The fourth-order valence-electron chi connectivity index (χ4n) is 2.48. The second-order valence-corrected chi connectivity index (χ2v) is 7.40. The van der Waals surface area contributed by atoms with E-state index in [1.165, 1.54) is 6.42 Å². The molecule has 8 nitrogen and oxygen atoms in total. The monoisotopic (exact) mass is 356 g/mol. The minimum Gasteiger partial charge on any atom is -0.388 e. The molecule has 5 atom stereocenters. The van der Waals surface area contributed by atoms with Crippen LogP contribution in [0.1, 0.15) is 45.4 Å². The van der Waals surface area contributed by atoms with Crippen LogP contribution in [0.15, 0.2) is 0 Å². The average Bonchev–Trinajstić information content (AvgIpc) is 2.47. The first kappa shape index (κ1) is 20.8. The SMILES string of the molecule is CCCCCCCCO[C@@H]1O[C@H](CS(=O)(=O)O)[C@@H](O)[C@H](O)[C@H]1O. The van der Waals surface area contributed by atoms with Gasteiger partial charge in [0.25, 0.3) is 10.1 Å². The second-order valence-electron chi connectivity index (χ2n) is 5.90. The van der Waals surface area contributed by atoms with E-state index in [0.717, 1.165) is 32.1 Å². The molecule has 1 rings (SSSR count). The molecule has 23 heavy (non-hydrogen) atoms. The molecule has 1 heterocycles. The molecule has 0 radical (unpaired) electrons. The van der Waals surface area contributed by atoms with Gasteiger partial charge in [-0.25, -0.2) is 0 Å². The Kier molecular flexibility index (Phi) is 8.91. The topological polar surface area (TPSA) is 134 Å². The van der Waals surface area contributed by atoms with Crippen molar-refractivity contribution in [2.45, 2.75) is 76.2 Å². The summed E-state index contributed by atoms with van der Waals surface area (Å²) in [6.07, 6.45) is -1.03. The average molecular weight is 356 g/mol. The fraction of sp³-hybridized carbons (Fsp3) is 1.00. The third-order valence-electron chi connectivity index (χ3n) is 3.82. The largest absolute Gasteiger partial charge is 0.388 e. The Bertz CT molecular complexity index is 426. The van der Waals surface area contributed by atoms with E-state index in [0.29, 0.717) is 0 Å². The first-order valence-corrected chi connectivity index (χ1v) is 9.63. The first-order chi connectivity index (χ1) is 10.8. The van der Waals surface area contributed by atoms with Crippen LogP contribution in [0.3, 0.4) is 0 Å². The van der Waals surface area contributed by atoms with Gasteiger partial charge in [-0.1, -0.05) is 39.0 Å². The van der Waals surface area contributed by atoms with Gasteiger partial charge in [-0.3, -0.25) is 4.55 Å². The summed E-state index contributed by atoms with van der Waals surface area (Å²) in [5, 5.41) is 29.3. The molecule has 0 unspecified atom stereocenters. The smallest absolute Gasteiger partial charge is 0.267 e. The number of rotatable bonds is 10. The van der Waals surface area contributed by atoms with Gasteiger partial charge in [0.2, 0.25) is 0 Å². The van der Waals surface area contributed by atoms with E-state index >= 15 is 0 Å². The predicted molar refractivity (Wildman–Crippen MR) is 82.4 cm³/mol. The molecule has 0 bridgehead atoms. The number of unbranched alkanes of at least 4 members (excludes halogenated alkanes) is 5. The number of hydrogen-bond donors (Lipinski definition) is 4. The molecular weight excluding hydrogens is 328 g/mol. The molecular formula is C14H28O8S. The second kappa shape index (κ2) is 9.87. The van der Waals surface area contributed by atoms with Crippen molar-refractivity contribution in [2.75, 3.05) is 12.4 Å². The molecule has 138 valence electrons. The maximum absolute atomic E-state index is 10.9. The lowest BCUT2D eigenvalue weighted by atomic mass is 10.00. The summed E-state index contributed by atoms with van der Waals surface area (Å²) in [7, 11) is -4.39. The molecule has 1 aliphatic rings. The van der Waals surface area contributed by atoms with Gasteiger partial charge in [0.1, 0.15) is 30.2 Å². The molecule has 0 aliphatic carbocycles. The van der Waals surface area contributed by atoms with Gasteiger partial charge in [0, 0.05) is 6.61 Å². The number of aliphatic hydroxyl groups excluding tert-OH is 3. The Morgan fingerprint density at radius 1 is 0.957 bits per heavy atom. The summed E-state index contributed by atoms with van der Waals surface area (Å²) < 4.78 is 41.2. The zero-order valence-electron chi connectivity index (χ0n) is 13.4. The van der Waals surface area contributed by atoms with Crippen molar-refractivity contribution >= 4 is 10.1 Å². The predicted octanol–water partition coefficient (Wildman–Crippen LogP) is 0.0589. The van der Waals surface area contributed by atoms with E-state index in [1.807, 2.05) is 0 Å². The van der Waals surface area contributed by atoms with Gasteiger partial charge in [0.05, 0.1) is 0 Å². The molecule has 0 aromatic heterocycles. The van der Waals surface area contributed by atoms with Crippen LogP contribution in [0.4, 0.5) is 0 Å². The molecule has 1 saturated heterocycles. The fourth-order valence-corrected chi connectivity index (χ4v) is 3.17. The standard InChI is InChI=1S/C14H28O8S/c1-2-3-4-5-6-7-8-21-14-13(17)12(16)11(15)10(22-14)9-23(18,19)20/h10-17H,2-9H2,1H3,(H,18,19,20)/t10-,11-,12+,13-,14-/m1/s1. The Labute approximate surface area is 137 Å². The van der Waals surface area contributed by atoms with E-state index in [1.54, 1.807) is 0 Å². The molecule has 0 saturated carbocycles. The Morgan fingerprint density at radius 2 is 1.57 bits per heavy atom. The maximum Gasteiger partial charge on any atom is 0.267 e. The van der Waals surface area contributed by atoms with Crippen molar-refractivity contribution in [1.29, 1.82) is 0 Å². The van der Waals surface area contributed by atoms with Crippen molar-refractivity contribution < 1.29 is 37.8 Å². The Balaban J connectivity index is 2.41. The molecule has 1 fully saturated rings. The number of ether oxygens (including phenoxy) is 2. The summed E-state index contributed by atoms with van der Waals surface area (Å²) in [5.41, 5.74) is 0. The summed E-state index contributed by atoms with van der Waals surface area (Å²) in [4.78, 5) is 0. The normalized spacial score (nSPS) is 32.1. The van der Waals surface area contributed by atoms with Gasteiger partial charge >= 0.3 is 0 Å². The summed E-state index contributed by atoms with van der Waals surface area (Å²) in [5.74, 6) is -0.880. The summed E-state index contributed by atoms with van der Waals surface area (Å²) in [6, 6.07) is 0. The molecule has 0 aromatic rings. The molecule has 0 aromatic carbocycles. The van der Waals surface area contributed by atoms with Crippen LogP contribution in [0.25, 0.3) is 0 Å². The van der Waals surface area contributed by atoms with Crippen molar-refractivity contribution in [3.05, 3.63) is 0 Å². The highest BCUT2D eigenvalue weighted by atomic mass is 32.2. The van der Waals surface area contributed by atoms with Gasteiger partial charge in [0.15, 0.2) is 6.29 Å². The van der Waals surface area contributed by atoms with E-state index < -0.39 is 46.6 Å². The van der Waals surface area contributed by atoms with Crippen LogP contribution >= 0.6 is 0 Å². The Morgan fingerprint density at radius 3 is 2.17 bits per heavy atom. The molecule has 1 aliphatic heterocycles. The van der Waals surface area contributed by atoms with Crippen molar-refractivity contribution in [1.82, 2.24) is 0 Å². The van der Waals surface area contributed by atoms with Crippen LogP contribution in [0.2, 0.25) is 0 Å². The number of hydrogen-bond acceptors (Lipinski definition) is 7. The minimum absolute atomic E-state index is 0.287. The van der Waals surface area contributed by atoms with Crippen molar-refractivity contribution in [3.8, 4) is 0 Å². The van der Waals surface area contributed by atoms with Crippen LogP contribution < -0.4 is 0 Å². The number of aliphatic hydroxyl groups is 3. The van der Waals surface area contributed by atoms with Gasteiger partial charge < -0.3 is 24.8 Å². The zero-order chi connectivity index (χ0) is 17.5. The molecule has 0 spiro atoms.